The molecule has 1 aliphatic heterocycles. The first-order chi connectivity index (χ1) is 13.4. The van der Waals surface area contributed by atoms with Gasteiger partial charge in [-0.2, -0.15) is 0 Å². The quantitative estimate of drug-likeness (QED) is 0.283. The molecule has 0 atom stereocenters. The Morgan fingerprint density at radius 2 is 1.86 bits per heavy atom. The van der Waals surface area contributed by atoms with Crippen LogP contribution in [0.15, 0.2) is 47.1 Å². The van der Waals surface area contributed by atoms with Crippen LogP contribution in [0, 0.1) is 6.92 Å². The van der Waals surface area contributed by atoms with Crippen LogP contribution >= 0.6 is 11.3 Å². The van der Waals surface area contributed by atoms with Crippen molar-refractivity contribution in [2.45, 2.75) is 26.6 Å². The van der Waals surface area contributed by atoms with Crippen molar-refractivity contribution in [3.05, 3.63) is 48.2 Å². The van der Waals surface area contributed by atoms with Crippen LogP contribution in [0.25, 0.3) is 43.2 Å². The molecule has 1 aliphatic rings. The van der Waals surface area contributed by atoms with Crippen molar-refractivity contribution >= 4 is 55.9 Å². The summed E-state index contributed by atoms with van der Waals surface area (Å²) in [5, 5.41) is 3.57. The fourth-order valence-corrected chi connectivity index (χ4v) is 7.60. The molecule has 5 heteroatoms. The maximum Gasteiger partial charge on any atom is 0.170 e. The summed E-state index contributed by atoms with van der Waals surface area (Å²) in [6.07, 6.45) is 1.74. The summed E-state index contributed by atoms with van der Waals surface area (Å²) in [7, 11) is -1.61. The summed E-state index contributed by atoms with van der Waals surface area (Å²) in [5.74, 6) is 1.95. The Balaban J connectivity index is 1.83. The molecule has 5 aromatic rings. The lowest BCUT2D eigenvalue weighted by molar-refractivity contribution is 0.488. The van der Waals surface area contributed by atoms with Crippen LogP contribution in [0.1, 0.15) is 5.56 Å². The summed E-state index contributed by atoms with van der Waals surface area (Å²) < 4.78 is 15.0. The van der Waals surface area contributed by atoms with Gasteiger partial charge < -0.3 is 9.15 Å². The van der Waals surface area contributed by atoms with E-state index in [-0.39, 0.29) is 0 Å². The molecule has 3 aromatic heterocycles. The number of hydrogen-bond donors (Lipinski definition) is 0. The molecular formula is C23H19NO2SSi. The van der Waals surface area contributed by atoms with E-state index in [1.54, 1.807) is 6.26 Å². The number of rotatable bonds is 1. The summed E-state index contributed by atoms with van der Waals surface area (Å²) in [5.41, 5.74) is 5.07. The second kappa shape index (κ2) is 5.24. The Labute approximate surface area is 167 Å². The molecule has 6 rings (SSSR count). The minimum absolute atomic E-state index is 0.874. The van der Waals surface area contributed by atoms with Crippen molar-refractivity contribution in [1.82, 2.24) is 4.98 Å². The van der Waals surface area contributed by atoms with Crippen LogP contribution in [-0.4, -0.2) is 13.1 Å². The average molecular weight is 402 g/mol. The Bertz CT molecular complexity index is 1440. The van der Waals surface area contributed by atoms with E-state index in [1.165, 1.54) is 20.8 Å². The number of ether oxygens (including phenoxy) is 1. The van der Waals surface area contributed by atoms with Gasteiger partial charge >= 0.3 is 0 Å². The molecule has 0 saturated heterocycles. The Morgan fingerprint density at radius 1 is 1.04 bits per heavy atom. The van der Waals surface area contributed by atoms with Gasteiger partial charge in [0.1, 0.15) is 17.0 Å². The summed E-state index contributed by atoms with van der Waals surface area (Å²) in [6.45, 7) is 9.26. The fraction of sp³-hybridized carbons (Fsp3) is 0.174. The zero-order valence-electron chi connectivity index (χ0n) is 16.2. The van der Waals surface area contributed by atoms with Crippen molar-refractivity contribution in [3.8, 4) is 22.8 Å². The topological polar surface area (TPSA) is 35.3 Å². The molecule has 0 bridgehead atoms. The van der Waals surface area contributed by atoms with Gasteiger partial charge in [-0.25, -0.2) is 4.98 Å². The number of nitrogens with zero attached hydrogens (tertiary/aromatic N) is 1. The van der Waals surface area contributed by atoms with Gasteiger partial charge in [-0.05, 0) is 23.8 Å². The summed E-state index contributed by atoms with van der Waals surface area (Å²) in [6, 6.07) is 12.7. The number of aryl methyl sites for hydroxylation is 1. The normalized spacial score (nSPS) is 13.3. The molecule has 0 radical (unpaired) electrons. The zero-order valence-corrected chi connectivity index (χ0v) is 18.0. The SMILES string of the molecule is Cc1c2c(cc3ccccc13)-c1nc3ccoc3c3sc([Si](C)(C)C)c(c13)O2. The molecule has 0 unspecified atom stereocenters. The highest BCUT2D eigenvalue weighted by atomic mass is 32.1. The molecule has 0 amide bonds. The summed E-state index contributed by atoms with van der Waals surface area (Å²) in [4.78, 5) is 5.03. The first kappa shape index (κ1) is 16.3. The van der Waals surface area contributed by atoms with Crippen molar-refractivity contribution < 1.29 is 9.15 Å². The first-order valence-electron chi connectivity index (χ1n) is 9.48. The molecule has 0 N–H and O–H groups in total. The van der Waals surface area contributed by atoms with Gasteiger partial charge in [-0.1, -0.05) is 43.9 Å². The minimum atomic E-state index is -1.61. The lowest BCUT2D eigenvalue weighted by Crippen LogP contribution is -2.36. The van der Waals surface area contributed by atoms with Gasteiger partial charge in [-0.15, -0.1) is 11.3 Å². The standard InChI is InChI=1S/C23H19NO2SSi/c1-12-14-8-6-5-7-13(14)11-15-18-17-21(26-19(12)15)23(28(2,3)4)27-22(17)20-16(24-18)9-10-25-20/h5-11H,1-4H3. The first-order valence-corrected chi connectivity index (χ1v) is 13.8. The molecule has 2 aromatic carbocycles. The number of aromatic nitrogens is 1. The largest absolute Gasteiger partial charge is 0.461 e. The van der Waals surface area contributed by atoms with E-state index in [0.717, 1.165) is 43.9 Å². The third kappa shape index (κ3) is 2.00. The van der Waals surface area contributed by atoms with Crippen molar-refractivity contribution in [3.63, 3.8) is 0 Å². The fourth-order valence-electron chi connectivity index (χ4n) is 4.23. The van der Waals surface area contributed by atoms with Gasteiger partial charge in [0.25, 0.3) is 0 Å². The molecule has 0 aliphatic carbocycles. The van der Waals surface area contributed by atoms with Crippen LogP contribution in [0.5, 0.6) is 11.5 Å². The number of furan rings is 1. The highest BCUT2D eigenvalue weighted by molar-refractivity contribution is 7.32. The maximum absolute atomic E-state index is 6.68. The van der Waals surface area contributed by atoms with Crippen LogP contribution in [-0.2, 0) is 0 Å². The van der Waals surface area contributed by atoms with E-state index >= 15 is 0 Å². The summed E-state index contributed by atoms with van der Waals surface area (Å²) >= 11 is 1.83. The lowest BCUT2D eigenvalue weighted by atomic mass is 9.95. The van der Waals surface area contributed by atoms with E-state index in [9.17, 15) is 0 Å². The molecule has 0 spiro atoms. The van der Waals surface area contributed by atoms with Crippen molar-refractivity contribution in [1.29, 1.82) is 0 Å². The number of fused-ring (bicyclic) bond motifs is 5. The predicted octanol–water partition coefficient (Wildman–Crippen LogP) is 6.82. The van der Waals surface area contributed by atoms with Gasteiger partial charge in [0.15, 0.2) is 5.58 Å². The molecule has 0 fully saturated rings. The van der Waals surface area contributed by atoms with Crippen molar-refractivity contribution in [2.75, 3.05) is 0 Å². The molecule has 4 heterocycles. The van der Waals surface area contributed by atoms with E-state index < -0.39 is 8.07 Å². The second-order valence-corrected chi connectivity index (χ2v) is 14.9. The zero-order chi connectivity index (χ0) is 19.2. The Kier molecular flexibility index (Phi) is 3.06. The van der Waals surface area contributed by atoms with Gasteiger partial charge in [-0.3, -0.25) is 0 Å². The number of thiophene rings is 1. The van der Waals surface area contributed by atoms with E-state index in [1.807, 2.05) is 17.4 Å². The van der Waals surface area contributed by atoms with Crippen LogP contribution in [0.4, 0.5) is 0 Å². The van der Waals surface area contributed by atoms with E-state index in [4.69, 9.17) is 14.1 Å². The molecular weight excluding hydrogens is 382 g/mol. The third-order valence-electron chi connectivity index (χ3n) is 5.57. The predicted molar refractivity (Wildman–Crippen MR) is 120 cm³/mol. The van der Waals surface area contributed by atoms with E-state index in [0.29, 0.717) is 0 Å². The van der Waals surface area contributed by atoms with E-state index in [2.05, 4.69) is 56.9 Å². The van der Waals surface area contributed by atoms with Gasteiger partial charge in [0.05, 0.1) is 30.1 Å². The maximum atomic E-state index is 6.68. The smallest absolute Gasteiger partial charge is 0.170 e. The monoisotopic (exact) mass is 401 g/mol. The van der Waals surface area contributed by atoms with Crippen LogP contribution in [0.3, 0.4) is 0 Å². The molecule has 3 nitrogen and oxygen atoms in total. The lowest BCUT2D eigenvalue weighted by Gasteiger charge is -2.24. The minimum Gasteiger partial charge on any atom is -0.461 e. The Morgan fingerprint density at radius 3 is 2.68 bits per heavy atom. The highest BCUT2D eigenvalue weighted by Crippen LogP contribution is 2.52. The number of pyridine rings is 1. The van der Waals surface area contributed by atoms with Crippen LogP contribution < -0.4 is 9.24 Å². The van der Waals surface area contributed by atoms with Gasteiger partial charge in [0, 0.05) is 21.7 Å². The van der Waals surface area contributed by atoms with Gasteiger partial charge in [0.2, 0.25) is 0 Å². The molecule has 28 heavy (non-hydrogen) atoms. The number of benzene rings is 2. The average Bonchev–Trinajstić information content (AvgIpc) is 3.28. The van der Waals surface area contributed by atoms with Crippen LogP contribution in [0.2, 0.25) is 19.6 Å². The molecule has 138 valence electrons. The molecule has 0 saturated carbocycles. The highest BCUT2D eigenvalue weighted by Gasteiger charge is 2.34. The third-order valence-corrected chi connectivity index (χ3v) is 10.3. The second-order valence-electron chi connectivity index (χ2n) is 8.51. The van der Waals surface area contributed by atoms with Crippen molar-refractivity contribution in [2.24, 2.45) is 0 Å². The number of hydrogen-bond acceptors (Lipinski definition) is 4. The Hall–Kier alpha value is -2.63.